The van der Waals surface area contributed by atoms with E-state index in [2.05, 4.69) is 11.4 Å². The second-order valence-corrected chi connectivity index (χ2v) is 7.46. The van der Waals surface area contributed by atoms with Gasteiger partial charge in [0.2, 0.25) is 5.88 Å². The molecule has 0 aliphatic rings. The monoisotopic (exact) mass is 468 g/mol. The van der Waals surface area contributed by atoms with E-state index in [-0.39, 0.29) is 22.6 Å². The van der Waals surface area contributed by atoms with Crippen molar-refractivity contribution in [2.75, 3.05) is 5.32 Å². The van der Waals surface area contributed by atoms with Gasteiger partial charge in [-0.3, -0.25) is 30.3 Å². The Morgan fingerprint density at radius 1 is 0.914 bits per heavy atom. The van der Waals surface area contributed by atoms with Crippen LogP contribution >= 0.6 is 0 Å². The van der Waals surface area contributed by atoms with Crippen LogP contribution in [0.4, 0.5) is 17.3 Å². The molecule has 0 fully saturated rings. The highest BCUT2D eigenvalue weighted by Gasteiger charge is 2.28. The van der Waals surface area contributed by atoms with Crippen molar-refractivity contribution in [3.63, 3.8) is 0 Å². The zero-order chi connectivity index (χ0) is 25.1. The SMILES string of the molecule is Cc1c([N+](=O)[O-])cc(C(=O)Nc2oc(-c3ccccc3)c(-c3ccccc3)c2C#N)cc1[N+](=O)[O-]. The van der Waals surface area contributed by atoms with E-state index in [4.69, 9.17) is 4.42 Å². The third-order valence-corrected chi connectivity index (χ3v) is 5.35. The van der Waals surface area contributed by atoms with Crippen LogP contribution in [0.1, 0.15) is 21.5 Å². The lowest BCUT2D eigenvalue weighted by Crippen LogP contribution is -2.13. The van der Waals surface area contributed by atoms with Crippen LogP contribution in [0.5, 0.6) is 0 Å². The lowest BCUT2D eigenvalue weighted by atomic mass is 9.98. The molecule has 172 valence electrons. The predicted octanol–water partition coefficient (Wildman–Crippen LogP) is 5.86. The molecular weight excluding hydrogens is 452 g/mol. The van der Waals surface area contributed by atoms with Crippen LogP contribution in [0.3, 0.4) is 0 Å². The molecule has 4 aromatic rings. The van der Waals surface area contributed by atoms with Crippen LogP contribution < -0.4 is 5.32 Å². The summed E-state index contributed by atoms with van der Waals surface area (Å²) in [5, 5.41) is 35.2. The maximum atomic E-state index is 13.0. The van der Waals surface area contributed by atoms with Gasteiger partial charge < -0.3 is 4.42 Å². The second-order valence-electron chi connectivity index (χ2n) is 7.46. The fraction of sp³-hybridized carbons (Fsp3) is 0.0400. The maximum absolute atomic E-state index is 13.0. The van der Waals surface area contributed by atoms with Crippen LogP contribution in [0.25, 0.3) is 22.5 Å². The van der Waals surface area contributed by atoms with E-state index in [1.165, 1.54) is 6.92 Å². The Hall–Kier alpha value is -5.30. The molecule has 0 unspecified atom stereocenters. The number of amides is 1. The maximum Gasteiger partial charge on any atom is 0.279 e. The Labute approximate surface area is 198 Å². The van der Waals surface area contributed by atoms with Crippen LogP contribution in [0, 0.1) is 38.5 Å². The molecule has 0 radical (unpaired) electrons. The van der Waals surface area contributed by atoms with E-state index >= 15 is 0 Å². The molecule has 35 heavy (non-hydrogen) atoms. The minimum absolute atomic E-state index is 0.0412. The number of benzene rings is 3. The summed E-state index contributed by atoms with van der Waals surface area (Å²) in [6.45, 7) is 1.23. The van der Waals surface area contributed by atoms with Crippen molar-refractivity contribution in [2.24, 2.45) is 0 Å². The Balaban J connectivity index is 1.84. The molecule has 1 aromatic heterocycles. The molecule has 3 aromatic carbocycles. The highest BCUT2D eigenvalue weighted by Crippen LogP contribution is 2.41. The number of hydrogen-bond donors (Lipinski definition) is 1. The zero-order valence-corrected chi connectivity index (χ0v) is 18.2. The molecule has 0 bridgehead atoms. The number of nitro groups is 2. The summed E-state index contributed by atoms with van der Waals surface area (Å²) in [6.07, 6.45) is 0. The number of nitro benzene ring substituents is 2. The summed E-state index contributed by atoms with van der Waals surface area (Å²) >= 11 is 0. The number of furan rings is 1. The number of nitrogens with one attached hydrogen (secondary N) is 1. The molecule has 0 aliphatic heterocycles. The average molecular weight is 468 g/mol. The largest absolute Gasteiger partial charge is 0.438 e. The molecule has 0 spiro atoms. The molecule has 0 saturated heterocycles. The zero-order valence-electron chi connectivity index (χ0n) is 18.2. The Morgan fingerprint density at radius 2 is 1.43 bits per heavy atom. The lowest BCUT2D eigenvalue weighted by molar-refractivity contribution is -0.395. The molecule has 10 nitrogen and oxygen atoms in total. The highest BCUT2D eigenvalue weighted by molar-refractivity contribution is 6.06. The number of rotatable bonds is 6. The van der Waals surface area contributed by atoms with Crippen molar-refractivity contribution in [3.05, 3.63) is 110 Å². The molecule has 1 heterocycles. The fourth-order valence-electron chi connectivity index (χ4n) is 3.67. The van der Waals surface area contributed by atoms with Crippen molar-refractivity contribution in [1.29, 1.82) is 5.26 Å². The first-order valence-corrected chi connectivity index (χ1v) is 10.2. The van der Waals surface area contributed by atoms with Gasteiger partial charge in [-0.2, -0.15) is 5.26 Å². The lowest BCUT2D eigenvalue weighted by Gasteiger charge is -2.05. The normalized spacial score (nSPS) is 10.4. The summed E-state index contributed by atoms with van der Waals surface area (Å²) in [5.74, 6) is -0.744. The van der Waals surface area contributed by atoms with Gasteiger partial charge in [0.25, 0.3) is 17.3 Å². The summed E-state index contributed by atoms with van der Waals surface area (Å²) in [5.41, 5.74) is 0.189. The summed E-state index contributed by atoms with van der Waals surface area (Å²) in [4.78, 5) is 34.2. The van der Waals surface area contributed by atoms with Crippen molar-refractivity contribution in [1.82, 2.24) is 0 Å². The van der Waals surface area contributed by atoms with Gasteiger partial charge in [0.1, 0.15) is 23.0 Å². The van der Waals surface area contributed by atoms with Gasteiger partial charge in [-0.05, 0) is 12.5 Å². The van der Waals surface area contributed by atoms with Gasteiger partial charge in [0.15, 0.2) is 0 Å². The summed E-state index contributed by atoms with van der Waals surface area (Å²) in [6, 6.07) is 21.9. The van der Waals surface area contributed by atoms with E-state index < -0.39 is 27.1 Å². The molecular formula is C25H16N4O6. The van der Waals surface area contributed by atoms with E-state index in [0.29, 0.717) is 22.5 Å². The van der Waals surface area contributed by atoms with Crippen LogP contribution in [0.15, 0.2) is 77.2 Å². The van der Waals surface area contributed by atoms with Crippen LogP contribution in [0.2, 0.25) is 0 Å². The predicted molar refractivity (Wildman–Crippen MR) is 127 cm³/mol. The van der Waals surface area contributed by atoms with Gasteiger partial charge >= 0.3 is 0 Å². The third-order valence-electron chi connectivity index (χ3n) is 5.35. The first-order valence-electron chi connectivity index (χ1n) is 10.2. The molecule has 1 N–H and O–H groups in total. The van der Waals surface area contributed by atoms with Gasteiger partial charge in [0, 0.05) is 23.3 Å². The summed E-state index contributed by atoms with van der Waals surface area (Å²) in [7, 11) is 0. The smallest absolute Gasteiger partial charge is 0.279 e. The van der Waals surface area contributed by atoms with Crippen LogP contribution in [-0.4, -0.2) is 15.8 Å². The minimum Gasteiger partial charge on any atom is -0.438 e. The number of nitrogens with zero attached hydrogens (tertiary/aromatic N) is 3. The Kier molecular flexibility index (Phi) is 6.07. The summed E-state index contributed by atoms with van der Waals surface area (Å²) < 4.78 is 5.93. The van der Waals surface area contributed by atoms with Crippen molar-refractivity contribution >= 4 is 23.2 Å². The number of anilines is 1. The Morgan fingerprint density at radius 3 is 1.91 bits per heavy atom. The number of carbonyl (C=O) groups is 1. The standard InChI is InChI=1S/C25H16N4O6/c1-15-20(28(31)32)12-18(13-21(15)29(33)34)24(30)27-25-19(14-26)22(16-8-4-2-5-9-16)23(35-25)17-10-6-3-7-11-17/h2-13H,1H3,(H,27,30). The molecule has 0 aliphatic carbocycles. The molecule has 0 saturated carbocycles. The molecule has 1 amide bonds. The van der Waals surface area contributed by atoms with E-state index in [0.717, 1.165) is 12.1 Å². The van der Waals surface area contributed by atoms with E-state index in [9.17, 15) is 30.3 Å². The van der Waals surface area contributed by atoms with E-state index in [1.54, 1.807) is 48.5 Å². The first kappa shape index (κ1) is 22.9. The highest BCUT2D eigenvalue weighted by atomic mass is 16.6. The molecule has 0 atom stereocenters. The Bertz CT molecular complexity index is 1470. The van der Waals surface area contributed by atoms with Gasteiger partial charge in [-0.1, -0.05) is 60.7 Å². The second kappa shape index (κ2) is 9.29. The van der Waals surface area contributed by atoms with E-state index in [1.807, 2.05) is 12.1 Å². The minimum atomic E-state index is -0.902. The van der Waals surface area contributed by atoms with Crippen molar-refractivity contribution in [3.8, 4) is 28.5 Å². The first-order chi connectivity index (χ1) is 16.8. The van der Waals surface area contributed by atoms with Crippen molar-refractivity contribution in [2.45, 2.75) is 6.92 Å². The molecule has 4 rings (SSSR count). The number of hydrogen-bond acceptors (Lipinski definition) is 7. The van der Waals surface area contributed by atoms with Gasteiger partial charge in [-0.25, -0.2) is 0 Å². The fourth-order valence-corrected chi connectivity index (χ4v) is 3.67. The van der Waals surface area contributed by atoms with Gasteiger partial charge in [-0.15, -0.1) is 0 Å². The third kappa shape index (κ3) is 4.34. The topological polar surface area (TPSA) is 152 Å². The molecule has 10 heteroatoms. The average Bonchev–Trinajstić information content (AvgIpc) is 3.22. The van der Waals surface area contributed by atoms with Crippen LogP contribution in [-0.2, 0) is 0 Å². The van der Waals surface area contributed by atoms with Crippen molar-refractivity contribution < 1.29 is 19.1 Å². The quantitative estimate of drug-likeness (QED) is 0.274. The van der Waals surface area contributed by atoms with Gasteiger partial charge in [0.05, 0.1) is 15.4 Å². The number of nitriles is 1. The number of carbonyl (C=O) groups excluding carboxylic acids is 1.